The van der Waals surface area contributed by atoms with Gasteiger partial charge in [0.05, 0.1) is 0 Å². The average Bonchev–Trinajstić information content (AvgIpc) is 2.60. The van der Waals surface area contributed by atoms with Crippen molar-refractivity contribution >= 4 is 30.2 Å². The maximum atomic E-state index is 10.4. The number of aryl methyl sites for hydroxylation is 2. The van der Waals surface area contributed by atoms with E-state index in [0.29, 0.717) is 14.5 Å². The molecule has 0 fully saturated rings. The standard InChI is InChI=1S/C13H15NO2Se.BrH/c1-10-14(9-5-4-8-13(15)16)11-6-2-3-7-12(11)17-10;/h2-3,6-7H,4-5,8-9H2,1H3;1H. The first-order chi connectivity index (χ1) is 8.18. The second-order valence-electron chi connectivity index (χ2n) is 4.09. The van der Waals surface area contributed by atoms with E-state index in [1.54, 1.807) is 0 Å². The van der Waals surface area contributed by atoms with Gasteiger partial charge in [-0.2, -0.15) is 0 Å². The van der Waals surface area contributed by atoms with Crippen LogP contribution in [0.4, 0.5) is 0 Å². The topological polar surface area (TPSA) is 41.2 Å². The zero-order valence-electron chi connectivity index (χ0n) is 10.2. The zero-order valence-corrected chi connectivity index (χ0v) is 13.5. The van der Waals surface area contributed by atoms with Crippen molar-refractivity contribution in [3.63, 3.8) is 0 Å². The van der Waals surface area contributed by atoms with E-state index in [0.717, 1.165) is 19.4 Å². The molecule has 0 radical (unpaired) electrons. The molecule has 2 rings (SSSR count). The van der Waals surface area contributed by atoms with Crippen molar-refractivity contribution in [1.29, 1.82) is 0 Å². The van der Waals surface area contributed by atoms with Gasteiger partial charge in [0.15, 0.2) is 0 Å². The molecule has 0 saturated carbocycles. The Morgan fingerprint density at radius 1 is 1.33 bits per heavy atom. The largest absolute Gasteiger partial charge is 1.00 e. The Labute approximate surface area is 123 Å². The van der Waals surface area contributed by atoms with Crippen LogP contribution in [0.15, 0.2) is 24.3 Å². The maximum absolute atomic E-state index is 10.4. The number of nitrogens with zero attached hydrogens (tertiary/aromatic N) is 1. The summed E-state index contributed by atoms with van der Waals surface area (Å²) >= 11 is 0.448. The van der Waals surface area contributed by atoms with Gasteiger partial charge in [-0.25, -0.2) is 0 Å². The van der Waals surface area contributed by atoms with E-state index in [9.17, 15) is 4.79 Å². The fourth-order valence-electron chi connectivity index (χ4n) is 1.97. The minimum atomic E-state index is -0.697. The molecule has 18 heavy (non-hydrogen) atoms. The molecule has 0 spiro atoms. The summed E-state index contributed by atoms with van der Waals surface area (Å²) in [5, 5.41) is 8.60. The first-order valence-corrected chi connectivity index (χ1v) is 7.49. The van der Waals surface area contributed by atoms with Gasteiger partial charge >= 0.3 is 106 Å². The summed E-state index contributed by atoms with van der Waals surface area (Å²) in [6, 6.07) is 8.50. The molecule has 2 aromatic rings. The molecule has 0 bridgehead atoms. The fourth-order valence-corrected chi connectivity index (χ4v) is 4.17. The average molecular weight is 377 g/mol. The summed E-state index contributed by atoms with van der Waals surface area (Å²) in [5.74, 6) is -0.697. The van der Waals surface area contributed by atoms with E-state index in [-0.39, 0.29) is 23.4 Å². The summed E-state index contributed by atoms with van der Waals surface area (Å²) < 4.78 is 5.21. The van der Waals surface area contributed by atoms with Crippen LogP contribution in [0.1, 0.15) is 23.8 Å². The minimum absolute atomic E-state index is 0. The third kappa shape index (κ3) is 3.67. The number of hydrogen-bond acceptors (Lipinski definition) is 1. The van der Waals surface area contributed by atoms with Crippen molar-refractivity contribution < 1.29 is 31.4 Å². The number of fused-ring (bicyclic) bond motifs is 1. The normalized spacial score (nSPS) is 10.3. The summed E-state index contributed by atoms with van der Waals surface area (Å²) in [7, 11) is 0. The molecule has 1 N–H and O–H groups in total. The Bertz CT molecular complexity index is 539. The van der Waals surface area contributed by atoms with Crippen LogP contribution in [-0.2, 0) is 11.3 Å². The Morgan fingerprint density at radius 3 is 2.78 bits per heavy atom. The SMILES string of the molecule is Cc1[se]c2ccccc2[n+]1CCCCC(=O)O.[Br-]. The zero-order chi connectivity index (χ0) is 12.3. The van der Waals surface area contributed by atoms with Crippen LogP contribution in [0.3, 0.4) is 0 Å². The quantitative estimate of drug-likeness (QED) is 0.402. The minimum Gasteiger partial charge on any atom is -1.00 e. The number of aromatic nitrogens is 1. The van der Waals surface area contributed by atoms with Gasteiger partial charge in [0.2, 0.25) is 0 Å². The Hall–Kier alpha value is -0.641. The molecule has 1 heterocycles. The smallest absolute Gasteiger partial charge is 1.00 e. The number of rotatable bonds is 5. The van der Waals surface area contributed by atoms with Gasteiger partial charge in [0.1, 0.15) is 0 Å². The summed E-state index contributed by atoms with van der Waals surface area (Å²) in [5.41, 5.74) is 1.32. The van der Waals surface area contributed by atoms with E-state index >= 15 is 0 Å². The number of halogens is 1. The molecule has 0 aliphatic rings. The van der Waals surface area contributed by atoms with Crippen LogP contribution in [0.25, 0.3) is 9.78 Å². The molecule has 1 aromatic heterocycles. The summed E-state index contributed by atoms with van der Waals surface area (Å²) in [6.07, 6.45) is 1.97. The number of para-hydroxylation sites is 1. The molecule has 3 nitrogen and oxygen atoms in total. The number of hydrogen-bond donors (Lipinski definition) is 1. The Kier molecular flexibility index (Phi) is 6.06. The predicted molar refractivity (Wildman–Crippen MR) is 67.3 cm³/mol. The molecular formula is C13H16BrNO2Se. The van der Waals surface area contributed by atoms with Crippen LogP contribution >= 0.6 is 0 Å². The number of aliphatic carboxylic acids is 1. The number of carboxylic acids is 1. The van der Waals surface area contributed by atoms with E-state index in [4.69, 9.17) is 5.11 Å². The molecule has 0 aliphatic carbocycles. The molecule has 1 aromatic carbocycles. The first kappa shape index (κ1) is 15.4. The van der Waals surface area contributed by atoms with E-state index in [1.807, 2.05) is 0 Å². The van der Waals surface area contributed by atoms with Crippen molar-refractivity contribution in [2.45, 2.75) is 32.7 Å². The second kappa shape index (κ2) is 7.07. The molecular weight excluding hydrogens is 361 g/mol. The molecule has 0 unspecified atom stereocenters. The van der Waals surface area contributed by atoms with Gasteiger partial charge in [-0.05, 0) is 0 Å². The monoisotopic (exact) mass is 377 g/mol. The Morgan fingerprint density at radius 2 is 2.06 bits per heavy atom. The molecule has 0 amide bonds. The van der Waals surface area contributed by atoms with Gasteiger partial charge in [0.25, 0.3) is 0 Å². The van der Waals surface area contributed by atoms with Crippen LogP contribution < -0.4 is 21.5 Å². The molecule has 0 atom stereocenters. The van der Waals surface area contributed by atoms with Crippen molar-refractivity contribution in [2.75, 3.05) is 0 Å². The van der Waals surface area contributed by atoms with Crippen LogP contribution in [0.2, 0.25) is 0 Å². The molecule has 0 aliphatic heterocycles. The van der Waals surface area contributed by atoms with Crippen LogP contribution in [-0.4, -0.2) is 25.6 Å². The van der Waals surface area contributed by atoms with Crippen molar-refractivity contribution in [2.24, 2.45) is 0 Å². The summed E-state index contributed by atoms with van der Waals surface area (Å²) in [4.78, 5) is 10.4. The van der Waals surface area contributed by atoms with E-state index < -0.39 is 5.97 Å². The second-order valence-corrected chi connectivity index (χ2v) is 6.68. The Balaban J connectivity index is 0.00000162. The van der Waals surface area contributed by atoms with Crippen LogP contribution in [0.5, 0.6) is 0 Å². The van der Waals surface area contributed by atoms with E-state index in [1.165, 1.54) is 14.3 Å². The third-order valence-electron chi connectivity index (χ3n) is 2.82. The number of benzene rings is 1. The molecule has 98 valence electrons. The van der Waals surface area contributed by atoms with Crippen molar-refractivity contribution in [1.82, 2.24) is 0 Å². The van der Waals surface area contributed by atoms with E-state index in [2.05, 4.69) is 35.8 Å². The molecule has 5 heteroatoms. The fraction of sp³-hybridized carbons (Fsp3) is 0.385. The predicted octanol–water partition coefficient (Wildman–Crippen LogP) is -1.25. The third-order valence-corrected chi connectivity index (χ3v) is 5.08. The van der Waals surface area contributed by atoms with Gasteiger partial charge in [-0.15, -0.1) is 0 Å². The van der Waals surface area contributed by atoms with Crippen LogP contribution in [0, 0.1) is 6.92 Å². The van der Waals surface area contributed by atoms with Gasteiger partial charge in [-0.3, -0.25) is 0 Å². The first-order valence-electron chi connectivity index (χ1n) is 5.78. The molecule has 0 saturated heterocycles. The maximum Gasteiger partial charge on any atom is -1.00 e. The number of carboxylic acid groups (broad SMARTS) is 1. The van der Waals surface area contributed by atoms with Crippen molar-refractivity contribution in [3.8, 4) is 0 Å². The number of unbranched alkanes of at least 4 members (excludes halogenated alkanes) is 1. The summed E-state index contributed by atoms with van der Waals surface area (Å²) in [6.45, 7) is 3.12. The van der Waals surface area contributed by atoms with Gasteiger partial charge < -0.3 is 17.0 Å². The van der Waals surface area contributed by atoms with Crippen molar-refractivity contribution in [3.05, 3.63) is 28.8 Å². The number of carbonyl (C=O) groups is 1. The van der Waals surface area contributed by atoms with Gasteiger partial charge in [-0.1, -0.05) is 0 Å². The van der Waals surface area contributed by atoms with Gasteiger partial charge in [0, 0.05) is 0 Å².